The molecule has 25 heavy (non-hydrogen) atoms. The third-order valence-electron chi connectivity index (χ3n) is 8.89. The van der Waals surface area contributed by atoms with Gasteiger partial charge in [0.15, 0.2) is 0 Å². The molecule has 0 radical (unpaired) electrons. The highest BCUT2D eigenvalue weighted by Gasteiger charge is 2.63. The Hall–Kier alpha value is -1.19. The number of Topliss-reactive ketones (excluding diaryl/α,β-unsaturated/α-hetero) is 2. The van der Waals surface area contributed by atoms with Crippen molar-refractivity contribution in [2.75, 3.05) is 0 Å². The predicted molar refractivity (Wildman–Crippen MR) is 94.7 cm³/mol. The molecule has 4 heteroatoms. The van der Waals surface area contributed by atoms with Crippen LogP contribution in [0.15, 0.2) is 0 Å². The Morgan fingerprint density at radius 2 is 1.80 bits per heavy atom. The summed E-state index contributed by atoms with van der Waals surface area (Å²) in [5.74, 6) is 2.22. The van der Waals surface area contributed by atoms with Crippen molar-refractivity contribution in [2.24, 2.45) is 34.5 Å². The van der Waals surface area contributed by atoms with Crippen LogP contribution in [0, 0.1) is 34.5 Å². The summed E-state index contributed by atoms with van der Waals surface area (Å²) in [7, 11) is 0. The zero-order valence-electron chi connectivity index (χ0n) is 15.8. The first-order valence-corrected chi connectivity index (χ1v) is 10.0. The molecule has 4 fully saturated rings. The van der Waals surface area contributed by atoms with Crippen molar-refractivity contribution < 1.29 is 14.4 Å². The molecule has 0 aromatic heterocycles. The molecule has 2 unspecified atom stereocenters. The van der Waals surface area contributed by atoms with Gasteiger partial charge in [-0.05, 0) is 68.6 Å². The lowest BCUT2D eigenvalue weighted by atomic mass is 9.44. The van der Waals surface area contributed by atoms with E-state index < -0.39 is 0 Å². The Bertz CT molecular complexity index is 631. The molecule has 0 aliphatic heterocycles. The van der Waals surface area contributed by atoms with Crippen molar-refractivity contribution in [3.8, 4) is 0 Å². The summed E-state index contributed by atoms with van der Waals surface area (Å²) in [6, 6.07) is 0. The molecule has 138 valence electrons. The number of rotatable bonds is 2. The fraction of sp³-hybridized carbons (Fsp3) is 0.857. The summed E-state index contributed by atoms with van der Waals surface area (Å²) >= 11 is 0. The highest BCUT2D eigenvalue weighted by molar-refractivity contribution is 5.88. The third-order valence-corrected chi connectivity index (χ3v) is 8.89. The molecule has 1 N–H and O–H groups in total. The topological polar surface area (TPSA) is 63.2 Å². The predicted octanol–water partition coefficient (Wildman–Crippen LogP) is 3.28. The second kappa shape index (κ2) is 5.40. The largest absolute Gasteiger partial charge is 0.353 e. The van der Waals surface area contributed by atoms with Gasteiger partial charge >= 0.3 is 0 Å². The number of carbonyl (C=O) groups excluding carboxylic acids is 3. The summed E-state index contributed by atoms with van der Waals surface area (Å²) in [6.45, 7) is 6.56. The zero-order valence-corrected chi connectivity index (χ0v) is 15.8. The van der Waals surface area contributed by atoms with E-state index >= 15 is 0 Å². The maximum absolute atomic E-state index is 13.2. The van der Waals surface area contributed by atoms with Crippen LogP contribution in [0.2, 0.25) is 0 Å². The van der Waals surface area contributed by atoms with E-state index in [2.05, 4.69) is 26.1 Å². The molecule has 1 amide bonds. The molecule has 4 saturated carbocycles. The molecule has 0 aromatic carbocycles. The Morgan fingerprint density at radius 3 is 2.52 bits per heavy atom. The molecular weight excluding hydrogens is 314 g/mol. The van der Waals surface area contributed by atoms with Gasteiger partial charge in [0.2, 0.25) is 6.41 Å². The van der Waals surface area contributed by atoms with Crippen molar-refractivity contribution in [2.45, 2.75) is 77.7 Å². The number of fused-ring (bicyclic) bond motifs is 5. The lowest BCUT2D eigenvalue weighted by molar-refractivity contribution is -0.159. The molecule has 0 saturated heterocycles. The van der Waals surface area contributed by atoms with Crippen LogP contribution < -0.4 is 5.32 Å². The quantitative estimate of drug-likeness (QED) is 0.781. The maximum atomic E-state index is 13.2. The number of carbonyl (C=O) groups is 3. The van der Waals surface area contributed by atoms with Gasteiger partial charge in [-0.25, -0.2) is 0 Å². The van der Waals surface area contributed by atoms with E-state index in [4.69, 9.17) is 0 Å². The summed E-state index contributed by atoms with van der Waals surface area (Å²) in [6.07, 6.45) is 7.92. The first kappa shape index (κ1) is 17.2. The second-order valence-electron chi connectivity index (χ2n) is 10.1. The van der Waals surface area contributed by atoms with E-state index in [1.807, 2.05) is 0 Å². The Morgan fingerprint density at radius 1 is 1.04 bits per heavy atom. The number of hydrogen-bond acceptors (Lipinski definition) is 3. The van der Waals surface area contributed by atoms with Gasteiger partial charge in [0.1, 0.15) is 11.6 Å². The van der Waals surface area contributed by atoms with Gasteiger partial charge in [0, 0.05) is 29.7 Å². The smallest absolute Gasteiger partial charge is 0.207 e. The van der Waals surface area contributed by atoms with Crippen LogP contribution in [0.5, 0.6) is 0 Å². The molecule has 4 nitrogen and oxygen atoms in total. The Labute approximate surface area is 150 Å². The van der Waals surface area contributed by atoms with Gasteiger partial charge in [-0.3, -0.25) is 14.4 Å². The summed E-state index contributed by atoms with van der Waals surface area (Å²) in [4.78, 5) is 36.6. The SMILES string of the molecule is CC1(NC=O)CC[C@@]2(C)C(C1)C(=O)C[C@@H]1[C@@H]2CC[C@]2(C)C(=O)CC[C@@H]12. The van der Waals surface area contributed by atoms with Crippen molar-refractivity contribution in [3.05, 3.63) is 0 Å². The Kier molecular flexibility index (Phi) is 3.73. The van der Waals surface area contributed by atoms with Crippen LogP contribution in [0.3, 0.4) is 0 Å². The fourth-order valence-electron chi connectivity index (χ4n) is 7.24. The van der Waals surface area contributed by atoms with Gasteiger partial charge in [0.05, 0.1) is 0 Å². The van der Waals surface area contributed by atoms with Crippen molar-refractivity contribution in [1.82, 2.24) is 5.32 Å². The van der Waals surface area contributed by atoms with E-state index in [0.717, 1.165) is 44.9 Å². The van der Waals surface area contributed by atoms with Crippen LogP contribution >= 0.6 is 0 Å². The van der Waals surface area contributed by atoms with E-state index in [1.54, 1.807) is 0 Å². The Balaban J connectivity index is 1.65. The molecule has 7 atom stereocenters. The lowest BCUT2D eigenvalue weighted by Gasteiger charge is -2.60. The monoisotopic (exact) mass is 345 g/mol. The van der Waals surface area contributed by atoms with Crippen LogP contribution in [0.4, 0.5) is 0 Å². The number of nitrogens with one attached hydrogen (secondary N) is 1. The van der Waals surface area contributed by atoms with Crippen LogP contribution in [0.1, 0.15) is 72.1 Å². The number of hydrogen-bond donors (Lipinski definition) is 1. The lowest BCUT2D eigenvalue weighted by Crippen LogP contribution is -2.60. The average molecular weight is 345 g/mol. The normalized spacial score (nSPS) is 52.1. The van der Waals surface area contributed by atoms with Gasteiger partial charge in [-0.2, -0.15) is 0 Å². The molecule has 0 bridgehead atoms. The first-order valence-electron chi connectivity index (χ1n) is 10.0. The second-order valence-corrected chi connectivity index (χ2v) is 10.1. The standard InChI is InChI=1S/C21H31NO3/c1-19(22-12-23)8-9-20(2)15-6-7-21(3)14(4-5-18(21)25)13(15)10-17(24)16(20)11-19/h12-16H,4-11H2,1-3H3,(H,22,23)/t13-,14-,15-,16?,19?,20+,21-/m0/s1. The van der Waals surface area contributed by atoms with E-state index in [0.29, 0.717) is 42.2 Å². The average Bonchev–Trinajstić information content (AvgIpc) is 2.86. The van der Waals surface area contributed by atoms with Crippen LogP contribution in [-0.4, -0.2) is 23.5 Å². The highest BCUT2D eigenvalue weighted by Crippen LogP contribution is 2.65. The number of ketones is 2. The van der Waals surface area contributed by atoms with E-state index in [-0.39, 0.29) is 22.3 Å². The molecule has 4 rings (SSSR count). The summed E-state index contributed by atoms with van der Waals surface area (Å²) in [5, 5.41) is 2.98. The van der Waals surface area contributed by atoms with Gasteiger partial charge in [-0.15, -0.1) is 0 Å². The maximum Gasteiger partial charge on any atom is 0.207 e. The summed E-state index contributed by atoms with van der Waals surface area (Å²) in [5.41, 5.74) is -0.384. The van der Waals surface area contributed by atoms with E-state index in [1.165, 1.54) is 0 Å². The molecule has 4 aliphatic carbocycles. The third kappa shape index (κ3) is 2.28. The minimum Gasteiger partial charge on any atom is -0.353 e. The molecule has 0 heterocycles. The van der Waals surface area contributed by atoms with Crippen LogP contribution in [-0.2, 0) is 14.4 Å². The first-order chi connectivity index (χ1) is 11.7. The summed E-state index contributed by atoms with van der Waals surface area (Å²) < 4.78 is 0. The molecular formula is C21H31NO3. The minimum absolute atomic E-state index is 0.0387. The molecule has 0 spiro atoms. The zero-order chi connectivity index (χ0) is 18.0. The minimum atomic E-state index is -0.249. The van der Waals surface area contributed by atoms with Crippen molar-refractivity contribution >= 4 is 18.0 Å². The van der Waals surface area contributed by atoms with Crippen LogP contribution in [0.25, 0.3) is 0 Å². The highest BCUT2D eigenvalue weighted by atomic mass is 16.1. The molecule has 4 aliphatic rings. The van der Waals surface area contributed by atoms with Crippen molar-refractivity contribution in [1.29, 1.82) is 0 Å². The molecule has 0 aromatic rings. The fourth-order valence-corrected chi connectivity index (χ4v) is 7.24. The van der Waals surface area contributed by atoms with E-state index in [9.17, 15) is 14.4 Å². The van der Waals surface area contributed by atoms with Gasteiger partial charge < -0.3 is 5.32 Å². The van der Waals surface area contributed by atoms with Gasteiger partial charge in [0.25, 0.3) is 0 Å². The van der Waals surface area contributed by atoms with Gasteiger partial charge in [-0.1, -0.05) is 13.8 Å². The number of amides is 1. The van der Waals surface area contributed by atoms with Crippen molar-refractivity contribution in [3.63, 3.8) is 0 Å².